The average Bonchev–Trinajstić information content (AvgIpc) is 3.19. The molecule has 2 aromatic rings. The minimum Gasteiger partial charge on any atom is -0.497 e. The van der Waals surface area contributed by atoms with E-state index in [1.807, 2.05) is 28.9 Å². The Morgan fingerprint density at radius 2 is 2.03 bits per heavy atom. The van der Waals surface area contributed by atoms with E-state index in [1.54, 1.807) is 28.3 Å². The fourth-order valence-electron chi connectivity index (χ4n) is 3.42. The summed E-state index contributed by atoms with van der Waals surface area (Å²) in [4.78, 5) is 22.6. The number of likely N-dealkylation sites (N-methyl/N-ethyl adjacent to an activating group) is 1. The van der Waals surface area contributed by atoms with Gasteiger partial charge in [0.2, 0.25) is 5.91 Å². The molecule has 1 aliphatic rings. The summed E-state index contributed by atoms with van der Waals surface area (Å²) in [5.41, 5.74) is 1.19. The van der Waals surface area contributed by atoms with Gasteiger partial charge in [-0.25, -0.2) is 14.7 Å². The number of aryl methyl sites for hydroxylation is 1. The molecule has 11 heteroatoms. The molecule has 0 aliphatic carbocycles. The molecular weight excluding hydrogens is 537 g/mol. The Morgan fingerprint density at radius 1 is 1.27 bits per heavy atom. The molecule has 0 saturated heterocycles. The normalized spacial score (nSPS) is 15.3. The van der Waals surface area contributed by atoms with Gasteiger partial charge in [-0.2, -0.15) is 5.10 Å². The molecule has 0 saturated carbocycles. The topological polar surface area (TPSA) is 106 Å². The molecule has 1 unspecified atom stereocenters. The Morgan fingerprint density at radius 3 is 2.70 bits per heavy atom. The molecule has 0 radical (unpaired) electrons. The third-order valence-electron chi connectivity index (χ3n) is 5.25. The van der Waals surface area contributed by atoms with Crippen molar-refractivity contribution in [2.24, 2.45) is 4.99 Å². The third kappa shape index (κ3) is 8.14. The molecule has 1 aliphatic heterocycles. The molecule has 1 atom stereocenters. The largest absolute Gasteiger partial charge is 0.497 e. The van der Waals surface area contributed by atoms with E-state index in [2.05, 4.69) is 25.7 Å². The van der Waals surface area contributed by atoms with Crippen LogP contribution < -0.4 is 15.4 Å². The molecule has 2 heterocycles. The number of rotatable bonds is 9. The van der Waals surface area contributed by atoms with Crippen LogP contribution in [0.5, 0.6) is 5.75 Å². The summed E-state index contributed by atoms with van der Waals surface area (Å²) in [6, 6.07) is 8.14. The first-order valence-corrected chi connectivity index (χ1v) is 10.8. The zero-order valence-electron chi connectivity index (χ0n) is 19.7. The van der Waals surface area contributed by atoms with Gasteiger partial charge in [0.15, 0.2) is 11.8 Å². The van der Waals surface area contributed by atoms with Crippen molar-refractivity contribution in [1.29, 1.82) is 0 Å². The number of nitrogens with one attached hydrogen (secondary N) is 2. The number of guanidine groups is 1. The van der Waals surface area contributed by atoms with Crippen molar-refractivity contribution in [2.75, 3.05) is 41.4 Å². The number of fused-ring (bicyclic) bond motifs is 1. The number of halogens is 1. The maximum Gasteiger partial charge on any atom is 0.243 e. The standard InChI is InChI=1S/C22H33N7O3.HI/c1-28(2)21(30)13-24-22(23-12-11-16-5-8-18(32-4)9-6-16)25-17-7-10-20-26-19(15-31-3)27-29(20)14-17;/h5-6,8-9,17H,7,10-15H2,1-4H3,(H2,23,24,25);1H. The Bertz CT molecular complexity index is 915. The number of carbonyl (C=O) groups is 1. The van der Waals surface area contributed by atoms with Crippen molar-refractivity contribution >= 4 is 35.8 Å². The second-order valence-corrected chi connectivity index (χ2v) is 7.92. The van der Waals surface area contributed by atoms with Gasteiger partial charge in [-0.05, 0) is 30.5 Å². The highest BCUT2D eigenvalue weighted by Gasteiger charge is 2.22. The monoisotopic (exact) mass is 571 g/mol. The van der Waals surface area contributed by atoms with Crippen LogP contribution in [-0.2, 0) is 35.5 Å². The van der Waals surface area contributed by atoms with Gasteiger partial charge in [-0.3, -0.25) is 4.79 Å². The molecule has 182 valence electrons. The summed E-state index contributed by atoms with van der Waals surface area (Å²) < 4.78 is 12.3. The van der Waals surface area contributed by atoms with Crippen LogP contribution in [0.25, 0.3) is 0 Å². The first-order chi connectivity index (χ1) is 15.5. The molecule has 10 nitrogen and oxygen atoms in total. The number of hydrogen-bond acceptors (Lipinski definition) is 6. The highest BCUT2D eigenvalue weighted by atomic mass is 127. The molecule has 1 aromatic carbocycles. The fraction of sp³-hybridized carbons (Fsp3) is 0.545. The number of carbonyl (C=O) groups excluding carboxylic acids is 1. The van der Waals surface area contributed by atoms with E-state index in [4.69, 9.17) is 9.47 Å². The van der Waals surface area contributed by atoms with Crippen LogP contribution >= 0.6 is 24.0 Å². The fourth-order valence-corrected chi connectivity index (χ4v) is 3.42. The van der Waals surface area contributed by atoms with Gasteiger partial charge >= 0.3 is 0 Å². The molecule has 1 aromatic heterocycles. The Labute approximate surface area is 212 Å². The predicted molar refractivity (Wildman–Crippen MR) is 137 cm³/mol. The van der Waals surface area contributed by atoms with E-state index in [-0.39, 0.29) is 42.5 Å². The van der Waals surface area contributed by atoms with E-state index >= 15 is 0 Å². The van der Waals surface area contributed by atoms with Gasteiger partial charge in [0.1, 0.15) is 24.7 Å². The van der Waals surface area contributed by atoms with Gasteiger partial charge in [0.25, 0.3) is 0 Å². The minimum absolute atomic E-state index is 0. The van der Waals surface area contributed by atoms with Crippen LogP contribution in [0.2, 0.25) is 0 Å². The first-order valence-electron chi connectivity index (χ1n) is 10.8. The summed E-state index contributed by atoms with van der Waals surface area (Å²) in [7, 11) is 6.76. The molecule has 0 spiro atoms. The van der Waals surface area contributed by atoms with Gasteiger partial charge in [0.05, 0.1) is 13.7 Å². The molecular formula is C22H34IN7O3. The van der Waals surface area contributed by atoms with E-state index in [9.17, 15) is 4.79 Å². The quantitative estimate of drug-likeness (QED) is 0.265. The van der Waals surface area contributed by atoms with Crippen LogP contribution in [0.3, 0.4) is 0 Å². The lowest BCUT2D eigenvalue weighted by Gasteiger charge is -2.25. The second-order valence-electron chi connectivity index (χ2n) is 7.92. The number of ether oxygens (including phenoxy) is 2. The lowest BCUT2D eigenvalue weighted by molar-refractivity contribution is -0.127. The molecule has 0 bridgehead atoms. The third-order valence-corrected chi connectivity index (χ3v) is 5.25. The van der Waals surface area contributed by atoms with Crippen molar-refractivity contribution in [3.8, 4) is 5.75 Å². The molecule has 1 amide bonds. The summed E-state index contributed by atoms with van der Waals surface area (Å²) in [5, 5.41) is 11.3. The summed E-state index contributed by atoms with van der Waals surface area (Å²) >= 11 is 0. The molecule has 0 fully saturated rings. The van der Waals surface area contributed by atoms with Crippen molar-refractivity contribution < 1.29 is 14.3 Å². The molecule has 3 rings (SSSR count). The second kappa shape index (κ2) is 13.3. The molecule has 2 N–H and O–H groups in total. The lowest BCUT2D eigenvalue weighted by Crippen LogP contribution is -2.48. The van der Waals surface area contributed by atoms with Gasteiger partial charge in [0, 0.05) is 40.2 Å². The van der Waals surface area contributed by atoms with E-state index in [1.165, 1.54) is 10.5 Å². The van der Waals surface area contributed by atoms with Crippen LogP contribution in [0.1, 0.15) is 23.6 Å². The minimum atomic E-state index is -0.0485. The summed E-state index contributed by atoms with van der Waals surface area (Å²) in [6.07, 6.45) is 2.56. The lowest BCUT2D eigenvalue weighted by atomic mass is 10.1. The van der Waals surface area contributed by atoms with Crippen LogP contribution in [0, 0.1) is 0 Å². The van der Waals surface area contributed by atoms with Crippen LogP contribution in [0.4, 0.5) is 0 Å². The summed E-state index contributed by atoms with van der Waals surface area (Å²) in [6.45, 7) is 1.87. The first kappa shape index (κ1) is 26.8. The van der Waals surface area contributed by atoms with Gasteiger partial charge < -0.3 is 25.0 Å². The summed E-state index contributed by atoms with van der Waals surface area (Å²) in [5.74, 6) is 3.09. The van der Waals surface area contributed by atoms with E-state index < -0.39 is 0 Å². The number of hydrogen-bond donors (Lipinski definition) is 2. The van der Waals surface area contributed by atoms with Crippen molar-refractivity contribution in [3.63, 3.8) is 0 Å². The van der Waals surface area contributed by atoms with E-state index in [0.29, 0.717) is 31.5 Å². The maximum absolute atomic E-state index is 12.0. The smallest absolute Gasteiger partial charge is 0.243 e. The highest BCUT2D eigenvalue weighted by Crippen LogP contribution is 2.14. The Kier molecular flexibility index (Phi) is 10.8. The Balaban J connectivity index is 0.00000385. The maximum atomic E-state index is 12.0. The zero-order chi connectivity index (χ0) is 22.9. The Hall–Kier alpha value is -2.41. The van der Waals surface area contributed by atoms with Crippen molar-refractivity contribution in [1.82, 2.24) is 30.3 Å². The number of methoxy groups -OCH3 is 2. The van der Waals surface area contributed by atoms with Gasteiger partial charge in [-0.15, -0.1) is 24.0 Å². The van der Waals surface area contributed by atoms with Crippen LogP contribution in [-0.4, -0.2) is 79.0 Å². The number of nitrogens with zero attached hydrogens (tertiary/aromatic N) is 5. The zero-order valence-corrected chi connectivity index (χ0v) is 22.0. The number of aromatic nitrogens is 3. The number of aliphatic imine (C=N–C) groups is 1. The SMILES string of the molecule is COCc1nc2n(n1)CC(NC(=NCC(=O)N(C)C)NCCc1ccc(OC)cc1)CC2.I. The predicted octanol–water partition coefficient (Wildman–Crippen LogP) is 1.23. The average molecular weight is 571 g/mol. The van der Waals surface area contributed by atoms with Crippen molar-refractivity contribution in [2.45, 2.75) is 38.5 Å². The highest BCUT2D eigenvalue weighted by molar-refractivity contribution is 14.0. The number of amides is 1. The van der Waals surface area contributed by atoms with Crippen LogP contribution in [0.15, 0.2) is 29.3 Å². The van der Waals surface area contributed by atoms with Gasteiger partial charge in [-0.1, -0.05) is 12.1 Å². The number of benzene rings is 1. The van der Waals surface area contributed by atoms with Crippen molar-refractivity contribution in [3.05, 3.63) is 41.5 Å². The van der Waals surface area contributed by atoms with E-state index in [0.717, 1.165) is 30.8 Å². The molecule has 33 heavy (non-hydrogen) atoms.